The Morgan fingerprint density at radius 2 is 1.83 bits per heavy atom. The molecule has 0 aliphatic carbocycles. The molecule has 0 amide bonds. The van der Waals surface area contributed by atoms with Crippen molar-refractivity contribution in [3.8, 4) is 0 Å². The standard InChI is InChI=1S/C15H16Cl2O/c1-4-14-11(5-6-18-14)15(17)12-7-9(2)10(3)8-13(12)16/h5-8,15H,4H2,1-3H3. The lowest BCUT2D eigenvalue weighted by Gasteiger charge is -2.14. The molecule has 0 saturated carbocycles. The molecular weight excluding hydrogens is 267 g/mol. The first-order valence-electron chi connectivity index (χ1n) is 6.01. The van der Waals surface area contributed by atoms with Crippen LogP contribution in [0.2, 0.25) is 5.02 Å². The van der Waals surface area contributed by atoms with Gasteiger partial charge < -0.3 is 4.42 Å². The minimum Gasteiger partial charge on any atom is -0.469 e. The molecule has 18 heavy (non-hydrogen) atoms. The Labute approximate surface area is 118 Å². The van der Waals surface area contributed by atoms with Gasteiger partial charge in [0.2, 0.25) is 0 Å². The molecule has 0 aliphatic heterocycles. The Kier molecular flexibility index (Phi) is 4.04. The second-order valence-electron chi connectivity index (χ2n) is 4.47. The third-order valence-corrected chi connectivity index (χ3v) is 4.06. The van der Waals surface area contributed by atoms with Crippen LogP contribution in [0.15, 0.2) is 28.9 Å². The van der Waals surface area contributed by atoms with Gasteiger partial charge in [-0.25, -0.2) is 0 Å². The van der Waals surface area contributed by atoms with E-state index < -0.39 is 0 Å². The van der Waals surface area contributed by atoms with Gasteiger partial charge in [-0.15, -0.1) is 11.6 Å². The summed E-state index contributed by atoms with van der Waals surface area (Å²) in [7, 11) is 0. The summed E-state index contributed by atoms with van der Waals surface area (Å²) in [5, 5.41) is 0.451. The molecule has 1 aromatic carbocycles. The van der Waals surface area contributed by atoms with Crippen LogP contribution < -0.4 is 0 Å². The Hall–Kier alpha value is -0.920. The molecule has 96 valence electrons. The van der Waals surface area contributed by atoms with Crippen LogP contribution in [0.25, 0.3) is 0 Å². The van der Waals surface area contributed by atoms with E-state index >= 15 is 0 Å². The van der Waals surface area contributed by atoms with E-state index in [0.717, 1.165) is 23.3 Å². The summed E-state index contributed by atoms with van der Waals surface area (Å²) >= 11 is 12.8. The largest absolute Gasteiger partial charge is 0.469 e. The molecule has 2 rings (SSSR count). The second kappa shape index (κ2) is 5.38. The maximum atomic E-state index is 6.54. The molecule has 2 aromatic rings. The van der Waals surface area contributed by atoms with Crippen molar-refractivity contribution in [3.05, 3.63) is 57.5 Å². The summed E-state index contributed by atoms with van der Waals surface area (Å²) in [4.78, 5) is 0. The Bertz CT molecular complexity index is 558. The van der Waals surface area contributed by atoms with E-state index in [9.17, 15) is 0 Å². The summed E-state index contributed by atoms with van der Waals surface area (Å²) < 4.78 is 5.42. The SMILES string of the molecule is CCc1occc1C(Cl)c1cc(C)c(C)cc1Cl. The highest BCUT2D eigenvalue weighted by molar-refractivity contribution is 6.33. The highest BCUT2D eigenvalue weighted by Gasteiger charge is 2.19. The van der Waals surface area contributed by atoms with Gasteiger partial charge in [0, 0.05) is 17.0 Å². The first-order chi connectivity index (χ1) is 8.54. The van der Waals surface area contributed by atoms with Crippen molar-refractivity contribution < 1.29 is 4.42 Å². The summed E-state index contributed by atoms with van der Waals surface area (Å²) in [6.07, 6.45) is 2.51. The van der Waals surface area contributed by atoms with Crippen LogP contribution in [0.3, 0.4) is 0 Å². The molecule has 1 heterocycles. The van der Waals surface area contributed by atoms with Crippen molar-refractivity contribution in [1.82, 2.24) is 0 Å². The molecule has 1 nitrogen and oxygen atoms in total. The van der Waals surface area contributed by atoms with Crippen molar-refractivity contribution in [1.29, 1.82) is 0 Å². The summed E-state index contributed by atoms with van der Waals surface area (Å²) in [6, 6.07) is 5.94. The summed E-state index contributed by atoms with van der Waals surface area (Å²) in [6.45, 7) is 6.16. The number of hydrogen-bond donors (Lipinski definition) is 0. The molecule has 0 N–H and O–H groups in total. The van der Waals surface area contributed by atoms with Crippen LogP contribution in [0.1, 0.15) is 40.3 Å². The Balaban J connectivity index is 2.46. The zero-order valence-corrected chi connectivity index (χ0v) is 12.3. The fourth-order valence-corrected chi connectivity index (χ4v) is 2.79. The number of alkyl halides is 1. The normalized spacial score (nSPS) is 12.7. The van der Waals surface area contributed by atoms with Gasteiger partial charge in [0.15, 0.2) is 0 Å². The Morgan fingerprint density at radius 3 is 2.50 bits per heavy atom. The average Bonchev–Trinajstić information content (AvgIpc) is 2.81. The van der Waals surface area contributed by atoms with Crippen molar-refractivity contribution in [2.75, 3.05) is 0 Å². The molecular formula is C15H16Cl2O. The highest BCUT2D eigenvalue weighted by atomic mass is 35.5. The van der Waals surface area contributed by atoms with Crippen LogP contribution in [0.5, 0.6) is 0 Å². The van der Waals surface area contributed by atoms with Crippen molar-refractivity contribution in [2.45, 2.75) is 32.6 Å². The van der Waals surface area contributed by atoms with Crippen molar-refractivity contribution in [3.63, 3.8) is 0 Å². The molecule has 0 radical (unpaired) electrons. The van der Waals surface area contributed by atoms with E-state index in [1.165, 1.54) is 11.1 Å². The molecule has 0 aliphatic rings. The van der Waals surface area contributed by atoms with E-state index in [1.807, 2.05) is 26.0 Å². The molecule has 0 fully saturated rings. The molecule has 3 heteroatoms. The predicted octanol–water partition coefficient (Wildman–Crippen LogP) is 5.44. The minimum atomic E-state index is -0.259. The average molecular weight is 283 g/mol. The van der Waals surface area contributed by atoms with E-state index in [1.54, 1.807) is 6.26 Å². The van der Waals surface area contributed by atoms with Crippen molar-refractivity contribution >= 4 is 23.2 Å². The fraction of sp³-hybridized carbons (Fsp3) is 0.333. The maximum absolute atomic E-state index is 6.54. The molecule has 1 atom stereocenters. The van der Waals surface area contributed by atoms with E-state index in [-0.39, 0.29) is 5.38 Å². The van der Waals surface area contributed by atoms with Crippen LogP contribution in [0, 0.1) is 13.8 Å². The number of hydrogen-bond acceptors (Lipinski definition) is 1. The monoisotopic (exact) mass is 282 g/mol. The first kappa shape index (κ1) is 13.5. The number of aryl methyl sites for hydroxylation is 3. The predicted molar refractivity (Wildman–Crippen MR) is 76.7 cm³/mol. The Morgan fingerprint density at radius 1 is 1.17 bits per heavy atom. The van der Waals surface area contributed by atoms with Crippen LogP contribution in [-0.4, -0.2) is 0 Å². The zero-order chi connectivity index (χ0) is 13.3. The summed E-state index contributed by atoms with van der Waals surface area (Å²) in [5.41, 5.74) is 4.32. The maximum Gasteiger partial charge on any atom is 0.108 e. The van der Waals surface area contributed by atoms with Gasteiger partial charge >= 0.3 is 0 Å². The van der Waals surface area contributed by atoms with Gasteiger partial charge in [-0.3, -0.25) is 0 Å². The van der Waals surface area contributed by atoms with Gasteiger partial charge in [0.25, 0.3) is 0 Å². The zero-order valence-electron chi connectivity index (χ0n) is 10.8. The molecule has 1 aromatic heterocycles. The quantitative estimate of drug-likeness (QED) is 0.683. The van der Waals surface area contributed by atoms with Crippen LogP contribution >= 0.6 is 23.2 Å². The van der Waals surface area contributed by atoms with E-state index in [0.29, 0.717) is 5.02 Å². The lowest BCUT2D eigenvalue weighted by atomic mass is 9.99. The molecule has 0 saturated heterocycles. The van der Waals surface area contributed by atoms with Crippen LogP contribution in [-0.2, 0) is 6.42 Å². The van der Waals surface area contributed by atoms with Gasteiger partial charge in [0.05, 0.1) is 11.6 Å². The smallest absolute Gasteiger partial charge is 0.108 e. The van der Waals surface area contributed by atoms with Crippen molar-refractivity contribution in [2.24, 2.45) is 0 Å². The van der Waals surface area contributed by atoms with Gasteiger partial charge in [-0.05, 0) is 42.7 Å². The molecule has 0 bridgehead atoms. The van der Waals surface area contributed by atoms with E-state index in [4.69, 9.17) is 27.6 Å². The summed E-state index contributed by atoms with van der Waals surface area (Å²) in [5.74, 6) is 0.921. The topological polar surface area (TPSA) is 13.1 Å². The van der Waals surface area contributed by atoms with Gasteiger partial charge in [-0.1, -0.05) is 24.6 Å². The second-order valence-corrected chi connectivity index (χ2v) is 5.32. The van der Waals surface area contributed by atoms with Crippen LogP contribution in [0.4, 0.5) is 0 Å². The minimum absolute atomic E-state index is 0.259. The van der Waals surface area contributed by atoms with Gasteiger partial charge in [0.1, 0.15) is 5.76 Å². The van der Waals surface area contributed by atoms with E-state index in [2.05, 4.69) is 13.0 Å². The number of benzene rings is 1. The fourth-order valence-electron chi connectivity index (χ4n) is 2.03. The number of rotatable bonds is 3. The third-order valence-electron chi connectivity index (χ3n) is 3.26. The number of furan rings is 1. The third kappa shape index (κ3) is 2.43. The number of halogens is 2. The first-order valence-corrected chi connectivity index (χ1v) is 6.83. The lowest BCUT2D eigenvalue weighted by molar-refractivity contribution is 0.512. The molecule has 0 spiro atoms. The lowest BCUT2D eigenvalue weighted by Crippen LogP contribution is -1.98. The van der Waals surface area contributed by atoms with Gasteiger partial charge in [-0.2, -0.15) is 0 Å². The highest BCUT2D eigenvalue weighted by Crippen LogP contribution is 2.37. The molecule has 1 unspecified atom stereocenters.